The third-order valence-electron chi connectivity index (χ3n) is 2.75. The summed E-state index contributed by atoms with van der Waals surface area (Å²) in [5.41, 5.74) is 0.919. The number of ketones is 2. The molecule has 86 valence electrons. The minimum atomic E-state index is -0.571. The first-order chi connectivity index (χ1) is 7.43. The van der Waals surface area contributed by atoms with Gasteiger partial charge in [-0.25, -0.2) is 0 Å². The monoisotopic (exact) mass is 238 g/mol. The Labute approximate surface area is 101 Å². The van der Waals surface area contributed by atoms with E-state index in [1.54, 1.807) is 12.1 Å². The fourth-order valence-corrected chi connectivity index (χ4v) is 2.17. The van der Waals surface area contributed by atoms with Gasteiger partial charge in [-0.15, -0.1) is 0 Å². The zero-order valence-corrected chi connectivity index (χ0v) is 10.4. The van der Waals surface area contributed by atoms with Crippen LogP contribution in [0.1, 0.15) is 32.3 Å². The molecule has 0 N–H and O–H groups in total. The Bertz CT molecular complexity index is 398. The van der Waals surface area contributed by atoms with Crippen LogP contribution >= 0.6 is 11.6 Å². The molecule has 0 amide bonds. The number of hydrogen-bond donors (Lipinski definition) is 0. The number of benzene rings is 1. The van der Waals surface area contributed by atoms with Crippen molar-refractivity contribution in [2.24, 2.45) is 5.92 Å². The van der Waals surface area contributed by atoms with Crippen LogP contribution in [0, 0.1) is 5.92 Å². The van der Waals surface area contributed by atoms with E-state index >= 15 is 0 Å². The largest absolute Gasteiger partial charge is 0.299 e. The molecule has 16 heavy (non-hydrogen) atoms. The molecule has 0 saturated carbocycles. The van der Waals surface area contributed by atoms with Crippen molar-refractivity contribution in [1.29, 1.82) is 0 Å². The van der Waals surface area contributed by atoms with Gasteiger partial charge < -0.3 is 0 Å². The quantitative estimate of drug-likeness (QED) is 0.755. The zero-order chi connectivity index (χ0) is 12.3. The molecule has 0 spiro atoms. The molecule has 1 atom stereocenters. The highest BCUT2D eigenvalue weighted by Gasteiger charge is 2.27. The highest BCUT2D eigenvalue weighted by molar-refractivity contribution is 6.30. The number of rotatable bonds is 4. The summed E-state index contributed by atoms with van der Waals surface area (Å²) in [6, 6.07) is 7.28. The van der Waals surface area contributed by atoms with Crippen molar-refractivity contribution in [3.8, 4) is 0 Å². The van der Waals surface area contributed by atoms with Gasteiger partial charge in [0.25, 0.3) is 0 Å². The van der Waals surface area contributed by atoms with Gasteiger partial charge in [0.2, 0.25) is 0 Å². The van der Waals surface area contributed by atoms with Crippen LogP contribution in [0.4, 0.5) is 0 Å². The van der Waals surface area contributed by atoms with Crippen molar-refractivity contribution < 1.29 is 9.59 Å². The van der Waals surface area contributed by atoms with Gasteiger partial charge >= 0.3 is 0 Å². The summed E-state index contributed by atoms with van der Waals surface area (Å²) < 4.78 is 0. The highest BCUT2D eigenvalue weighted by atomic mass is 35.5. The Morgan fingerprint density at radius 2 is 1.75 bits per heavy atom. The average Bonchev–Trinajstić information content (AvgIpc) is 2.16. The molecule has 0 radical (unpaired) electrons. The first-order valence-electron chi connectivity index (χ1n) is 5.20. The fourth-order valence-electron chi connectivity index (χ4n) is 1.97. The van der Waals surface area contributed by atoms with Crippen LogP contribution in [0.15, 0.2) is 24.3 Å². The number of carbonyl (C=O) groups excluding carboxylic acids is 2. The lowest BCUT2D eigenvalue weighted by Gasteiger charge is -2.19. The second-order valence-electron chi connectivity index (χ2n) is 4.04. The second-order valence-corrected chi connectivity index (χ2v) is 4.48. The third kappa shape index (κ3) is 2.92. The molecule has 0 aliphatic heterocycles. The Kier molecular flexibility index (Phi) is 4.25. The standard InChI is InChI=1S/C13H15ClO2/c1-8(13(9(2)15)10(3)16)11-5-4-6-12(14)7-11/h4-8,13H,1-3H3. The van der Waals surface area contributed by atoms with Crippen molar-refractivity contribution in [3.05, 3.63) is 34.9 Å². The van der Waals surface area contributed by atoms with Gasteiger partial charge in [-0.3, -0.25) is 9.59 Å². The summed E-state index contributed by atoms with van der Waals surface area (Å²) in [6.45, 7) is 4.78. The average molecular weight is 239 g/mol. The van der Waals surface area contributed by atoms with E-state index in [2.05, 4.69) is 0 Å². The van der Waals surface area contributed by atoms with E-state index in [0.29, 0.717) is 5.02 Å². The molecule has 1 rings (SSSR count). The molecule has 3 heteroatoms. The molecule has 1 aromatic carbocycles. The van der Waals surface area contributed by atoms with Crippen molar-refractivity contribution >= 4 is 23.2 Å². The van der Waals surface area contributed by atoms with Gasteiger partial charge in [0.15, 0.2) is 0 Å². The summed E-state index contributed by atoms with van der Waals surface area (Å²) in [5, 5.41) is 0.621. The Morgan fingerprint density at radius 1 is 1.19 bits per heavy atom. The Hall–Kier alpha value is -1.15. The molecule has 0 saturated heterocycles. The van der Waals surface area contributed by atoms with Crippen LogP contribution in [0.2, 0.25) is 5.02 Å². The molecular weight excluding hydrogens is 224 g/mol. The smallest absolute Gasteiger partial charge is 0.140 e. The molecule has 1 aromatic rings. The highest BCUT2D eigenvalue weighted by Crippen LogP contribution is 2.27. The Morgan fingerprint density at radius 3 is 2.19 bits per heavy atom. The van der Waals surface area contributed by atoms with Crippen molar-refractivity contribution in [2.45, 2.75) is 26.7 Å². The van der Waals surface area contributed by atoms with Crippen LogP contribution in [-0.4, -0.2) is 11.6 Å². The topological polar surface area (TPSA) is 34.1 Å². The summed E-state index contributed by atoms with van der Waals surface area (Å²) in [7, 11) is 0. The maximum atomic E-state index is 11.4. The van der Waals surface area contributed by atoms with Crippen LogP contribution in [0.25, 0.3) is 0 Å². The van der Waals surface area contributed by atoms with E-state index in [4.69, 9.17) is 11.6 Å². The minimum absolute atomic E-state index is 0.0972. The maximum absolute atomic E-state index is 11.4. The molecule has 1 unspecified atom stereocenters. The SMILES string of the molecule is CC(=O)C(C(C)=O)C(C)c1cccc(Cl)c1. The minimum Gasteiger partial charge on any atom is -0.299 e. The molecule has 0 aromatic heterocycles. The lowest BCUT2D eigenvalue weighted by Crippen LogP contribution is -2.25. The van der Waals surface area contributed by atoms with Crippen LogP contribution in [-0.2, 0) is 9.59 Å². The van der Waals surface area contributed by atoms with Crippen molar-refractivity contribution in [3.63, 3.8) is 0 Å². The summed E-state index contributed by atoms with van der Waals surface area (Å²) in [4.78, 5) is 22.9. The third-order valence-corrected chi connectivity index (χ3v) is 2.99. The molecule has 0 heterocycles. The lowest BCUT2D eigenvalue weighted by molar-refractivity contribution is -0.131. The second kappa shape index (κ2) is 5.26. The first kappa shape index (κ1) is 12.9. The molecule has 0 aliphatic rings. The molecular formula is C13H15ClO2. The molecule has 0 bridgehead atoms. The summed E-state index contributed by atoms with van der Waals surface area (Å²) in [5.74, 6) is -0.896. The van der Waals surface area contributed by atoms with E-state index in [9.17, 15) is 9.59 Å². The summed E-state index contributed by atoms with van der Waals surface area (Å²) >= 11 is 5.88. The van der Waals surface area contributed by atoms with E-state index < -0.39 is 5.92 Å². The van der Waals surface area contributed by atoms with Gasteiger partial charge in [-0.05, 0) is 37.5 Å². The van der Waals surface area contributed by atoms with Crippen LogP contribution in [0.3, 0.4) is 0 Å². The first-order valence-corrected chi connectivity index (χ1v) is 5.57. The Balaban J connectivity index is 3.03. The molecule has 2 nitrogen and oxygen atoms in total. The van der Waals surface area contributed by atoms with Gasteiger partial charge in [0, 0.05) is 5.02 Å². The number of halogens is 1. The maximum Gasteiger partial charge on any atom is 0.140 e. The van der Waals surface area contributed by atoms with Gasteiger partial charge in [-0.1, -0.05) is 30.7 Å². The fraction of sp³-hybridized carbons (Fsp3) is 0.385. The van der Waals surface area contributed by atoms with E-state index in [0.717, 1.165) is 5.56 Å². The van der Waals surface area contributed by atoms with Gasteiger partial charge in [-0.2, -0.15) is 0 Å². The zero-order valence-electron chi connectivity index (χ0n) is 9.66. The van der Waals surface area contributed by atoms with E-state index in [-0.39, 0.29) is 17.5 Å². The van der Waals surface area contributed by atoms with E-state index in [1.165, 1.54) is 13.8 Å². The number of Topliss-reactive ketones (excluding diaryl/α,β-unsaturated/α-hetero) is 2. The molecule has 0 fully saturated rings. The summed E-state index contributed by atoms with van der Waals surface area (Å²) in [6.07, 6.45) is 0. The van der Waals surface area contributed by atoms with Crippen LogP contribution < -0.4 is 0 Å². The predicted octanol–water partition coefficient (Wildman–Crippen LogP) is 3.24. The lowest BCUT2D eigenvalue weighted by atomic mass is 9.83. The number of hydrogen-bond acceptors (Lipinski definition) is 2. The van der Waals surface area contributed by atoms with Crippen LogP contribution in [0.5, 0.6) is 0 Å². The van der Waals surface area contributed by atoms with Gasteiger partial charge in [0.1, 0.15) is 11.6 Å². The van der Waals surface area contributed by atoms with Gasteiger partial charge in [0.05, 0.1) is 5.92 Å². The van der Waals surface area contributed by atoms with Crippen molar-refractivity contribution in [1.82, 2.24) is 0 Å². The normalized spacial score (nSPS) is 12.6. The molecule has 0 aliphatic carbocycles. The predicted molar refractivity (Wildman–Crippen MR) is 64.7 cm³/mol. The van der Waals surface area contributed by atoms with Crippen molar-refractivity contribution in [2.75, 3.05) is 0 Å². The van der Waals surface area contributed by atoms with E-state index in [1.807, 2.05) is 19.1 Å². The number of carbonyl (C=O) groups is 2.